The van der Waals surface area contributed by atoms with Gasteiger partial charge in [-0.1, -0.05) is 24.9 Å². The third kappa shape index (κ3) is 3.04. The normalized spacial score (nSPS) is 22.4. The molecule has 8 heteroatoms. The summed E-state index contributed by atoms with van der Waals surface area (Å²) in [4.78, 5) is 37.0. The molecule has 1 unspecified atom stereocenters. The number of likely N-dealkylation sites (tertiary alicyclic amines) is 1. The van der Waals surface area contributed by atoms with Crippen molar-refractivity contribution in [2.45, 2.75) is 58.0 Å². The van der Waals surface area contributed by atoms with Crippen LogP contribution in [-0.4, -0.2) is 44.8 Å². The van der Waals surface area contributed by atoms with Crippen LogP contribution in [0.2, 0.25) is 0 Å². The largest absolute Gasteiger partial charge is 0.336 e. The molecule has 2 bridgehead atoms. The standard InChI is InChI=1S/C25H26N4O3S/c1-3-20-26-24(32-27-20)25(2)18-13-15(12-17-21(18)23(31)29(25)22(17)30)19-9-8-16(33-19)14-28-10-6-4-5-7-11-28/h8-9,12-13H,3-7,10-11,14H2,1-2H3. The Morgan fingerprint density at radius 2 is 1.88 bits per heavy atom. The molecular weight excluding hydrogens is 436 g/mol. The van der Waals surface area contributed by atoms with Crippen molar-refractivity contribution < 1.29 is 14.1 Å². The molecule has 1 fully saturated rings. The second-order valence-corrected chi connectivity index (χ2v) is 10.5. The molecule has 6 rings (SSSR count). The van der Waals surface area contributed by atoms with Crippen molar-refractivity contribution >= 4 is 23.2 Å². The molecule has 0 aliphatic carbocycles. The molecule has 0 spiro atoms. The van der Waals surface area contributed by atoms with E-state index in [9.17, 15) is 9.59 Å². The average Bonchev–Trinajstić information content (AvgIpc) is 3.53. The molecular formula is C25H26N4O3S. The summed E-state index contributed by atoms with van der Waals surface area (Å²) in [5, 5.41) is 4.01. The van der Waals surface area contributed by atoms with Gasteiger partial charge in [-0.25, -0.2) is 0 Å². The molecule has 2 amide bonds. The number of aromatic nitrogens is 2. The zero-order chi connectivity index (χ0) is 22.7. The van der Waals surface area contributed by atoms with E-state index in [1.165, 1.54) is 35.5 Å². The third-order valence-electron chi connectivity index (χ3n) is 7.19. The Hall–Kier alpha value is -2.84. The monoisotopic (exact) mass is 462 g/mol. The fourth-order valence-electron chi connectivity index (χ4n) is 5.36. The van der Waals surface area contributed by atoms with Crippen LogP contribution in [0.3, 0.4) is 0 Å². The third-order valence-corrected chi connectivity index (χ3v) is 8.30. The number of carbonyl (C=O) groups is 2. The highest BCUT2D eigenvalue weighted by atomic mass is 32.1. The van der Waals surface area contributed by atoms with Gasteiger partial charge in [-0.15, -0.1) is 11.3 Å². The lowest BCUT2D eigenvalue weighted by Gasteiger charge is -2.32. The van der Waals surface area contributed by atoms with Gasteiger partial charge < -0.3 is 4.52 Å². The molecule has 7 nitrogen and oxygen atoms in total. The van der Waals surface area contributed by atoms with Gasteiger partial charge in [-0.3, -0.25) is 19.4 Å². The lowest BCUT2D eigenvalue weighted by atomic mass is 9.84. The fourth-order valence-corrected chi connectivity index (χ4v) is 6.39. The number of hydrogen-bond donors (Lipinski definition) is 0. The summed E-state index contributed by atoms with van der Waals surface area (Å²) in [5.41, 5.74) is 1.61. The number of carbonyl (C=O) groups excluding carboxylic acids is 2. The van der Waals surface area contributed by atoms with Crippen LogP contribution >= 0.6 is 11.3 Å². The van der Waals surface area contributed by atoms with Crippen molar-refractivity contribution in [1.29, 1.82) is 0 Å². The zero-order valence-corrected chi connectivity index (χ0v) is 19.7. The summed E-state index contributed by atoms with van der Waals surface area (Å²) >= 11 is 1.76. The van der Waals surface area contributed by atoms with Crippen molar-refractivity contribution in [3.8, 4) is 10.4 Å². The first kappa shape index (κ1) is 20.7. The number of benzene rings is 1. The second-order valence-electron chi connectivity index (χ2n) is 9.29. The number of fused-ring (bicyclic) bond motifs is 1. The van der Waals surface area contributed by atoms with Crippen molar-refractivity contribution in [2.24, 2.45) is 0 Å². The Kier molecular flexibility index (Phi) is 4.78. The summed E-state index contributed by atoms with van der Waals surface area (Å²) in [5.74, 6) is 0.288. The summed E-state index contributed by atoms with van der Waals surface area (Å²) in [7, 11) is 0. The number of rotatable bonds is 5. The van der Waals surface area contributed by atoms with Crippen molar-refractivity contribution in [3.05, 3.63) is 57.5 Å². The van der Waals surface area contributed by atoms with Gasteiger partial charge in [0.1, 0.15) is 0 Å². The summed E-state index contributed by atoms with van der Waals surface area (Å²) in [6.07, 6.45) is 5.81. The number of nitrogens with zero attached hydrogens (tertiary/aromatic N) is 4. The van der Waals surface area contributed by atoms with Gasteiger partial charge in [0.2, 0.25) is 0 Å². The van der Waals surface area contributed by atoms with E-state index in [1.54, 1.807) is 11.3 Å². The Labute approximate surface area is 196 Å². The number of imide groups is 1. The highest BCUT2D eigenvalue weighted by molar-refractivity contribution is 7.15. The molecule has 3 aliphatic rings. The number of hydrogen-bond acceptors (Lipinski definition) is 7. The summed E-state index contributed by atoms with van der Waals surface area (Å²) in [6.45, 7) is 7.05. The van der Waals surface area contributed by atoms with E-state index >= 15 is 0 Å². The van der Waals surface area contributed by atoms with E-state index in [0.717, 1.165) is 35.6 Å². The van der Waals surface area contributed by atoms with Gasteiger partial charge in [0.15, 0.2) is 11.4 Å². The van der Waals surface area contributed by atoms with Crippen LogP contribution in [0.4, 0.5) is 0 Å². The zero-order valence-electron chi connectivity index (χ0n) is 18.9. The molecule has 33 heavy (non-hydrogen) atoms. The molecule has 1 aromatic carbocycles. The molecule has 3 aromatic rings. The Morgan fingerprint density at radius 3 is 2.61 bits per heavy atom. The lowest BCUT2D eigenvalue weighted by molar-refractivity contribution is 0.0493. The van der Waals surface area contributed by atoms with Crippen LogP contribution in [0.15, 0.2) is 28.8 Å². The Balaban J connectivity index is 1.38. The molecule has 0 radical (unpaired) electrons. The predicted molar refractivity (Wildman–Crippen MR) is 124 cm³/mol. The molecule has 1 atom stereocenters. The van der Waals surface area contributed by atoms with Crippen molar-refractivity contribution in [3.63, 3.8) is 0 Å². The maximum Gasteiger partial charge on any atom is 0.263 e. The number of amides is 2. The first-order chi connectivity index (χ1) is 16.0. The Bertz CT molecular complexity index is 1270. The first-order valence-corrected chi connectivity index (χ1v) is 12.5. The smallest absolute Gasteiger partial charge is 0.263 e. The van der Waals surface area contributed by atoms with E-state index in [2.05, 4.69) is 27.2 Å². The van der Waals surface area contributed by atoms with Gasteiger partial charge in [0.05, 0.1) is 11.1 Å². The molecule has 0 N–H and O–H groups in total. The molecule has 3 aliphatic heterocycles. The van der Waals surface area contributed by atoms with Crippen molar-refractivity contribution in [2.75, 3.05) is 13.1 Å². The molecule has 0 saturated carbocycles. The fraction of sp³-hybridized carbons (Fsp3) is 0.440. The minimum Gasteiger partial charge on any atom is -0.336 e. The molecule has 2 aromatic heterocycles. The first-order valence-electron chi connectivity index (χ1n) is 11.7. The summed E-state index contributed by atoms with van der Waals surface area (Å²) < 4.78 is 5.53. The minimum atomic E-state index is -1.07. The topological polar surface area (TPSA) is 79.5 Å². The lowest BCUT2D eigenvalue weighted by Crippen LogP contribution is -2.45. The highest BCUT2D eigenvalue weighted by Crippen LogP contribution is 2.51. The van der Waals surface area contributed by atoms with E-state index in [0.29, 0.717) is 23.4 Å². The molecule has 1 saturated heterocycles. The second kappa shape index (κ2) is 7.60. The van der Waals surface area contributed by atoms with Gasteiger partial charge in [-0.05, 0) is 62.7 Å². The van der Waals surface area contributed by atoms with E-state index in [-0.39, 0.29) is 17.7 Å². The maximum absolute atomic E-state index is 13.2. The molecule has 170 valence electrons. The number of thiophene rings is 1. The van der Waals surface area contributed by atoms with Gasteiger partial charge in [0.25, 0.3) is 17.7 Å². The van der Waals surface area contributed by atoms with Crippen LogP contribution in [0.25, 0.3) is 10.4 Å². The van der Waals surface area contributed by atoms with Crippen molar-refractivity contribution in [1.82, 2.24) is 19.9 Å². The number of aryl methyl sites for hydroxylation is 1. The maximum atomic E-state index is 13.2. The molecule has 5 heterocycles. The highest BCUT2D eigenvalue weighted by Gasteiger charge is 2.60. The van der Waals surface area contributed by atoms with Gasteiger partial charge in [-0.2, -0.15) is 4.98 Å². The predicted octanol–water partition coefficient (Wildman–Crippen LogP) is 4.61. The van der Waals surface area contributed by atoms with E-state index < -0.39 is 5.54 Å². The van der Waals surface area contributed by atoms with Crippen LogP contribution in [0, 0.1) is 0 Å². The van der Waals surface area contributed by atoms with E-state index in [1.807, 2.05) is 26.0 Å². The average molecular weight is 463 g/mol. The van der Waals surface area contributed by atoms with Crippen LogP contribution in [-0.2, 0) is 18.5 Å². The summed E-state index contributed by atoms with van der Waals surface area (Å²) in [6, 6.07) is 8.21. The van der Waals surface area contributed by atoms with Crippen LogP contribution < -0.4 is 0 Å². The van der Waals surface area contributed by atoms with Gasteiger partial charge in [0, 0.05) is 28.3 Å². The SMILES string of the molecule is CCc1noc(C2(C)c3cc(-c4ccc(CN5CCCCCC5)s4)cc4c3C(=O)N2C4=O)n1. The van der Waals surface area contributed by atoms with Crippen LogP contribution in [0.5, 0.6) is 0 Å². The quantitative estimate of drug-likeness (QED) is 0.515. The van der Waals surface area contributed by atoms with E-state index in [4.69, 9.17) is 4.52 Å². The Morgan fingerprint density at radius 1 is 1.09 bits per heavy atom. The van der Waals surface area contributed by atoms with Crippen LogP contribution in [0.1, 0.15) is 82.4 Å². The minimum absolute atomic E-state index is 0.275. The van der Waals surface area contributed by atoms with Gasteiger partial charge >= 0.3 is 0 Å².